The van der Waals surface area contributed by atoms with Crippen molar-refractivity contribution in [2.75, 3.05) is 14.2 Å². The lowest BCUT2D eigenvalue weighted by molar-refractivity contribution is -0.154. The monoisotopic (exact) mass is 197 g/mol. The van der Waals surface area contributed by atoms with Crippen LogP contribution in [0.25, 0.3) is 0 Å². The molecule has 2 saturated heterocycles. The first kappa shape index (κ1) is 9.65. The number of hydrogen-bond donors (Lipinski definition) is 0. The maximum absolute atomic E-state index is 11.7. The Morgan fingerprint density at radius 2 is 2.21 bits per heavy atom. The van der Waals surface area contributed by atoms with Crippen LogP contribution in [-0.2, 0) is 14.3 Å². The van der Waals surface area contributed by atoms with Gasteiger partial charge in [-0.15, -0.1) is 0 Å². The van der Waals surface area contributed by atoms with E-state index in [-0.39, 0.29) is 17.8 Å². The van der Waals surface area contributed by atoms with E-state index in [0.717, 1.165) is 12.8 Å². The summed E-state index contributed by atoms with van der Waals surface area (Å²) in [6, 6.07) is 0.433. The van der Waals surface area contributed by atoms with Crippen LogP contribution in [0, 0.1) is 5.92 Å². The normalized spacial score (nSPS) is 37.3. The Labute approximate surface area is 83.2 Å². The van der Waals surface area contributed by atoms with Crippen LogP contribution in [0.5, 0.6) is 0 Å². The van der Waals surface area contributed by atoms with Crippen LogP contribution in [-0.4, -0.2) is 42.9 Å². The van der Waals surface area contributed by atoms with Gasteiger partial charge < -0.3 is 4.74 Å². The van der Waals surface area contributed by atoms with Gasteiger partial charge in [0.1, 0.15) is 11.7 Å². The van der Waals surface area contributed by atoms with Crippen molar-refractivity contribution in [3.05, 3.63) is 0 Å². The van der Waals surface area contributed by atoms with Gasteiger partial charge in [-0.3, -0.25) is 14.5 Å². The maximum atomic E-state index is 11.7. The highest BCUT2D eigenvalue weighted by Crippen LogP contribution is 2.36. The third-order valence-electron chi connectivity index (χ3n) is 3.52. The van der Waals surface area contributed by atoms with Crippen LogP contribution in [0.4, 0.5) is 0 Å². The molecule has 0 aromatic rings. The van der Waals surface area contributed by atoms with E-state index < -0.39 is 5.92 Å². The minimum absolute atomic E-state index is 0.0578. The van der Waals surface area contributed by atoms with Gasteiger partial charge in [0, 0.05) is 18.5 Å². The van der Waals surface area contributed by atoms with Crippen molar-refractivity contribution < 1.29 is 14.3 Å². The first-order valence-electron chi connectivity index (χ1n) is 4.97. The summed E-state index contributed by atoms with van der Waals surface area (Å²) in [6.07, 6.45) is 2.47. The Morgan fingerprint density at radius 1 is 1.50 bits per heavy atom. The van der Waals surface area contributed by atoms with Gasteiger partial charge in [-0.2, -0.15) is 0 Å². The second kappa shape index (κ2) is 3.35. The van der Waals surface area contributed by atoms with Gasteiger partial charge in [-0.25, -0.2) is 0 Å². The molecule has 3 atom stereocenters. The molecule has 4 nitrogen and oxygen atoms in total. The van der Waals surface area contributed by atoms with Crippen LogP contribution < -0.4 is 0 Å². The van der Waals surface area contributed by atoms with Crippen molar-refractivity contribution in [2.24, 2.45) is 5.92 Å². The minimum Gasteiger partial charge on any atom is -0.468 e. The number of rotatable bonds is 1. The smallest absolute Gasteiger partial charge is 0.317 e. The summed E-state index contributed by atoms with van der Waals surface area (Å²) in [5.74, 6) is -0.849. The van der Waals surface area contributed by atoms with Crippen molar-refractivity contribution in [2.45, 2.75) is 31.3 Å². The lowest BCUT2D eigenvalue weighted by Crippen LogP contribution is -2.50. The van der Waals surface area contributed by atoms with Crippen molar-refractivity contribution in [1.29, 1.82) is 0 Å². The lowest BCUT2D eigenvalue weighted by atomic mass is 9.89. The van der Waals surface area contributed by atoms with Crippen molar-refractivity contribution in [3.63, 3.8) is 0 Å². The van der Waals surface area contributed by atoms with Gasteiger partial charge in [0.2, 0.25) is 0 Å². The van der Waals surface area contributed by atoms with E-state index in [0.29, 0.717) is 12.5 Å². The molecule has 0 aromatic heterocycles. The number of methoxy groups -OCH3 is 1. The number of ether oxygens (including phenoxy) is 1. The summed E-state index contributed by atoms with van der Waals surface area (Å²) in [5, 5.41) is 0. The molecule has 0 aromatic carbocycles. The second-order valence-electron chi connectivity index (χ2n) is 4.14. The lowest BCUT2D eigenvalue weighted by Gasteiger charge is -2.34. The zero-order chi connectivity index (χ0) is 10.3. The van der Waals surface area contributed by atoms with Crippen LogP contribution in [0.1, 0.15) is 19.3 Å². The fourth-order valence-corrected chi connectivity index (χ4v) is 2.68. The summed E-state index contributed by atoms with van der Waals surface area (Å²) < 4.78 is 4.67. The molecule has 14 heavy (non-hydrogen) atoms. The van der Waals surface area contributed by atoms with Crippen LogP contribution in [0.2, 0.25) is 0 Å². The third-order valence-corrected chi connectivity index (χ3v) is 3.52. The molecule has 2 bridgehead atoms. The Hall–Kier alpha value is -0.900. The fourth-order valence-electron chi connectivity index (χ4n) is 2.68. The molecule has 0 radical (unpaired) electrons. The quantitative estimate of drug-likeness (QED) is 0.445. The zero-order valence-corrected chi connectivity index (χ0v) is 8.53. The number of carbonyl (C=O) groups excluding carboxylic acids is 2. The summed E-state index contributed by atoms with van der Waals surface area (Å²) in [7, 11) is 3.33. The summed E-state index contributed by atoms with van der Waals surface area (Å²) >= 11 is 0. The standard InChI is InChI=1S/C10H15NO3/c1-11-6-3-4-7(11)9(8(12)5-6)10(13)14-2/h6-7,9H,3-5H2,1-2H3/t6-,7-,9-/m1/s1. The van der Waals surface area contributed by atoms with Crippen molar-refractivity contribution >= 4 is 11.8 Å². The molecule has 0 amide bonds. The van der Waals surface area contributed by atoms with E-state index in [1.807, 2.05) is 7.05 Å². The number of ketones is 1. The number of hydrogen-bond acceptors (Lipinski definition) is 4. The predicted octanol–water partition coefficient (Wildman–Crippen LogP) is 0.211. The number of fused-ring (bicyclic) bond motifs is 2. The highest BCUT2D eigenvalue weighted by molar-refractivity contribution is 6.00. The number of piperidine rings is 1. The number of nitrogens with zero attached hydrogens (tertiary/aromatic N) is 1. The van der Waals surface area contributed by atoms with Gasteiger partial charge in [-0.05, 0) is 19.9 Å². The molecule has 0 saturated carbocycles. The van der Waals surface area contributed by atoms with Gasteiger partial charge in [0.25, 0.3) is 0 Å². The number of Topliss-reactive ketones (excluding diaryl/α,β-unsaturated/α-hetero) is 1. The number of esters is 1. The van der Waals surface area contributed by atoms with Crippen LogP contribution >= 0.6 is 0 Å². The number of carbonyl (C=O) groups is 2. The molecule has 2 heterocycles. The van der Waals surface area contributed by atoms with Gasteiger partial charge in [0.15, 0.2) is 0 Å². The van der Waals surface area contributed by atoms with Crippen molar-refractivity contribution in [1.82, 2.24) is 4.90 Å². The zero-order valence-electron chi connectivity index (χ0n) is 8.53. The predicted molar refractivity (Wildman–Crippen MR) is 49.7 cm³/mol. The third kappa shape index (κ3) is 1.25. The Balaban J connectivity index is 2.22. The Bertz CT molecular complexity index is 277. The van der Waals surface area contributed by atoms with E-state index in [2.05, 4.69) is 9.64 Å². The molecule has 0 aliphatic carbocycles. The van der Waals surface area contributed by atoms with Gasteiger partial charge in [-0.1, -0.05) is 0 Å². The average Bonchev–Trinajstić information content (AvgIpc) is 2.42. The van der Waals surface area contributed by atoms with E-state index in [9.17, 15) is 9.59 Å². The molecule has 2 aliphatic rings. The summed E-state index contributed by atoms with van der Waals surface area (Å²) in [6.45, 7) is 0. The Kier molecular flexibility index (Phi) is 2.31. The topological polar surface area (TPSA) is 46.6 Å². The molecule has 2 rings (SSSR count). The van der Waals surface area contributed by atoms with Gasteiger partial charge >= 0.3 is 5.97 Å². The maximum Gasteiger partial charge on any atom is 0.317 e. The molecule has 78 valence electrons. The van der Waals surface area contributed by atoms with E-state index in [1.54, 1.807) is 0 Å². The molecule has 2 fully saturated rings. The molecular formula is C10H15NO3. The Morgan fingerprint density at radius 3 is 2.86 bits per heavy atom. The van der Waals surface area contributed by atoms with Crippen molar-refractivity contribution in [3.8, 4) is 0 Å². The molecular weight excluding hydrogens is 182 g/mol. The van der Waals surface area contributed by atoms with Gasteiger partial charge in [0.05, 0.1) is 7.11 Å². The summed E-state index contributed by atoms with van der Waals surface area (Å²) in [4.78, 5) is 25.3. The highest BCUT2D eigenvalue weighted by Gasteiger charge is 2.48. The van der Waals surface area contributed by atoms with E-state index in [4.69, 9.17) is 0 Å². The van der Waals surface area contributed by atoms with Crippen LogP contribution in [0.3, 0.4) is 0 Å². The molecule has 4 heteroatoms. The fraction of sp³-hybridized carbons (Fsp3) is 0.800. The highest BCUT2D eigenvalue weighted by atomic mass is 16.5. The molecule has 2 aliphatic heterocycles. The molecule has 0 unspecified atom stereocenters. The SMILES string of the molecule is COC(=O)[C@H]1C(=O)C[C@H]2CC[C@H]1N2C. The minimum atomic E-state index is -0.538. The molecule has 0 spiro atoms. The first-order chi connectivity index (χ1) is 6.65. The first-order valence-corrected chi connectivity index (χ1v) is 4.97. The summed E-state index contributed by atoms with van der Waals surface area (Å²) in [5.41, 5.74) is 0. The molecule has 0 N–H and O–H groups in total. The second-order valence-corrected chi connectivity index (χ2v) is 4.14. The van der Waals surface area contributed by atoms with Crippen LogP contribution in [0.15, 0.2) is 0 Å². The average molecular weight is 197 g/mol. The van der Waals surface area contributed by atoms with E-state index in [1.165, 1.54) is 7.11 Å². The van der Waals surface area contributed by atoms with E-state index >= 15 is 0 Å². The largest absolute Gasteiger partial charge is 0.468 e.